The van der Waals surface area contributed by atoms with E-state index in [0.717, 1.165) is 49.0 Å². The molecule has 1 amide bonds. The van der Waals surface area contributed by atoms with Crippen molar-refractivity contribution in [2.75, 3.05) is 11.1 Å². The smallest absolute Gasteiger partial charge is 0.303 e. The lowest BCUT2D eigenvalue weighted by Gasteiger charge is -2.10. The Morgan fingerprint density at radius 3 is 2.44 bits per heavy atom. The number of halogens is 1. The van der Waals surface area contributed by atoms with Gasteiger partial charge in [-0.1, -0.05) is 42.7 Å². The molecule has 0 radical (unpaired) electrons. The summed E-state index contributed by atoms with van der Waals surface area (Å²) >= 11 is 0. The summed E-state index contributed by atoms with van der Waals surface area (Å²) in [6.45, 7) is 0.741. The summed E-state index contributed by atoms with van der Waals surface area (Å²) in [5.41, 5.74) is 9.38. The van der Waals surface area contributed by atoms with Crippen molar-refractivity contribution in [3.05, 3.63) is 60.2 Å². The first-order valence-corrected chi connectivity index (χ1v) is 11.5. The van der Waals surface area contributed by atoms with Gasteiger partial charge in [0, 0.05) is 32.0 Å². The fraction of sp³-hybridized carbons (Fsp3) is 0.360. The SMILES string of the molecule is Nc1ccc(-c2ccc(F)cc2)cc1NC(=O)CCc1cn(CCCCCCCC(=O)O)nn1. The number of hydrogen-bond donors (Lipinski definition) is 3. The monoisotopic (exact) mass is 467 g/mol. The zero-order chi connectivity index (χ0) is 24.3. The van der Waals surface area contributed by atoms with Crippen molar-refractivity contribution >= 4 is 23.3 Å². The van der Waals surface area contributed by atoms with Gasteiger partial charge in [0.1, 0.15) is 5.82 Å². The van der Waals surface area contributed by atoms with Crippen LogP contribution in [-0.2, 0) is 22.6 Å². The number of aryl methyl sites for hydroxylation is 2. The molecule has 0 fully saturated rings. The number of carbonyl (C=O) groups is 2. The average Bonchev–Trinajstić information content (AvgIpc) is 3.27. The van der Waals surface area contributed by atoms with Crippen molar-refractivity contribution in [2.24, 2.45) is 0 Å². The minimum absolute atomic E-state index is 0.182. The summed E-state index contributed by atoms with van der Waals surface area (Å²) in [6.07, 6.45) is 7.36. The molecule has 9 heteroatoms. The lowest BCUT2D eigenvalue weighted by atomic mass is 10.0. The Morgan fingerprint density at radius 2 is 1.68 bits per heavy atom. The van der Waals surface area contributed by atoms with Crippen molar-refractivity contribution in [1.82, 2.24) is 15.0 Å². The number of carboxylic acid groups (broad SMARTS) is 1. The lowest BCUT2D eigenvalue weighted by molar-refractivity contribution is -0.137. The van der Waals surface area contributed by atoms with Crippen molar-refractivity contribution in [2.45, 2.75) is 57.9 Å². The van der Waals surface area contributed by atoms with Gasteiger partial charge in [-0.15, -0.1) is 5.10 Å². The summed E-state index contributed by atoms with van der Waals surface area (Å²) in [7, 11) is 0. The molecule has 3 rings (SSSR count). The van der Waals surface area contributed by atoms with Crippen molar-refractivity contribution in [3.63, 3.8) is 0 Å². The molecule has 0 atom stereocenters. The van der Waals surface area contributed by atoms with E-state index in [-0.39, 0.29) is 24.6 Å². The number of anilines is 2. The fourth-order valence-corrected chi connectivity index (χ4v) is 3.58. The molecule has 2 aromatic carbocycles. The van der Waals surface area contributed by atoms with Gasteiger partial charge in [-0.25, -0.2) is 4.39 Å². The molecule has 0 saturated carbocycles. The first-order chi connectivity index (χ1) is 16.4. The molecule has 0 aliphatic carbocycles. The van der Waals surface area contributed by atoms with E-state index in [2.05, 4.69) is 15.6 Å². The zero-order valence-corrected chi connectivity index (χ0v) is 19.0. The molecule has 0 aliphatic rings. The second-order valence-corrected chi connectivity index (χ2v) is 8.24. The van der Waals surface area contributed by atoms with E-state index in [1.54, 1.807) is 28.9 Å². The van der Waals surface area contributed by atoms with E-state index in [4.69, 9.17) is 10.8 Å². The van der Waals surface area contributed by atoms with Crippen molar-refractivity contribution < 1.29 is 19.1 Å². The summed E-state index contributed by atoms with van der Waals surface area (Å²) in [6, 6.07) is 11.4. The van der Waals surface area contributed by atoms with E-state index in [9.17, 15) is 14.0 Å². The Hall–Kier alpha value is -3.75. The predicted octanol–water partition coefficient (Wildman–Crippen LogP) is 4.66. The molecule has 3 aromatic rings. The second-order valence-electron chi connectivity index (χ2n) is 8.24. The molecule has 8 nitrogen and oxygen atoms in total. The van der Waals surface area contributed by atoms with Crippen LogP contribution in [0.1, 0.15) is 50.6 Å². The normalized spacial score (nSPS) is 10.9. The van der Waals surface area contributed by atoms with Gasteiger partial charge in [0.2, 0.25) is 5.91 Å². The van der Waals surface area contributed by atoms with Crippen LogP contribution in [0.15, 0.2) is 48.7 Å². The molecular weight excluding hydrogens is 437 g/mol. The Kier molecular flexibility index (Phi) is 9.13. The largest absolute Gasteiger partial charge is 0.481 e. The number of unbranched alkanes of at least 4 members (excludes halogenated alkanes) is 4. The van der Waals surface area contributed by atoms with E-state index < -0.39 is 5.97 Å². The molecule has 180 valence electrons. The molecule has 1 heterocycles. The van der Waals surface area contributed by atoms with Gasteiger partial charge in [-0.2, -0.15) is 0 Å². The number of nitrogens with one attached hydrogen (secondary N) is 1. The van der Waals surface area contributed by atoms with Crippen LogP contribution in [0.5, 0.6) is 0 Å². The van der Waals surface area contributed by atoms with Crippen LogP contribution in [0.2, 0.25) is 0 Å². The average molecular weight is 468 g/mol. The molecule has 34 heavy (non-hydrogen) atoms. The molecule has 0 saturated heterocycles. The Labute approximate surface area is 198 Å². The summed E-state index contributed by atoms with van der Waals surface area (Å²) in [4.78, 5) is 23.0. The summed E-state index contributed by atoms with van der Waals surface area (Å²) < 4.78 is 15.0. The van der Waals surface area contributed by atoms with Crippen molar-refractivity contribution in [1.29, 1.82) is 0 Å². The number of carbonyl (C=O) groups excluding carboxylic acids is 1. The molecular formula is C25H30FN5O3. The minimum Gasteiger partial charge on any atom is -0.481 e. The van der Waals surface area contributed by atoms with Crippen molar-refractivity contribution in [3.8, 4) is 11.1 Å². The van der Waals surface area contributed by atoms with E-state index in [1.165, 1.54) is 12.1 Å². The Balaban J connectivity index is 1.42. The van der Waals surface area contributed by atoms with Gasteiger partial charge in [-0.05, 0) is 48.2 Å². The number of aliphatic carboxylic acids is 1. The zero-order valence-electron chi connectivity index (χ0n) is 19.0. The summed E-state index contributed by atoms with van der Waals surface area (Å²) in [5.74, 6) is -1.23. The maximum Gasteiger partial charge on any atom is 0.303 e. The highest BCUT2D eigenvalue weighted by molar-refractivity contribution is 5.95. The van der Waals surface area contributed by atoms with Gasteiger partial charge in [-0.3, -0.25) is 14.3 Å². The number of hydrogen-bond acceptors (Lipinski definition) is 5. The Bertz CT molecular complexity index is 1100. The van der Waals surface area contributed by atoms with Crippen LogP contribution >= 0.6 is 0 Å². The highest BCUT2D eigenvalue weighted by Crippen LogP contribution is 2.27. The number of benzene rings is 2. The van der Waals surface area contributed by atoms with Crippen LogP contribution < -0.4 is 11.1 Å². The van der Waals surface area contributed by atoms with Crippen LogP contribution in [0.25, 0.3) is 11.1 Å². The first kappa shape index (κ1) is 24.9. The number of carboxylic acids is 1. The van der Waals surface area contributed by atoms with Gasteiger partial charge in [0.25, 0.3) is 0 Å². The quantitative estimate of drug-likeness (QED) is 0.248. The molecule has 4 N–H and O–H groups in total. The number of nitrogens with two attached hydrogens (primary N) is 1. The van der Waals surface area contributed by atoms with E-state index in [1.807, 2.05) is 12.3 Å². The van der Waals surface area contributed by atoms with E-state index >= 15 is 0 Å². The highest BCUT2D eigenvalue weighted by Gasteiger charge is 2.10. The number of aromatic nitrogens is 3. The predicted molar refractivity (Wildman–Crippen MR) is 129 cm³/mol. The second kappa shape index (κ2) is 12.5. The highest BCUT2D eigenvalue weighted by atomic mass is 19.1. The van der Waals surface area contributed by atoms with Crippen LogP contribution in [0, 0.1) is 5.82 Å². The number of nitrogens with zero attached hydrogens (tertiary/aromatic N) is 3. The van der Waals surface area contributed by atoms with E-state index in [0.29, 0.717) is 24.2 Å². The molecule has 0 unspecified atom stereocenters. The third-order valence-electron chi connectivity index (χ3n) is 5.48. The van der Waals surface area contributed by atoms with Crippen LogP contribution in [0.3, 0.4) is 0 Å². The molecule has 0 spiro atoms. The number of amides is 1. The maximum absolute atomic E-state index is 13.2. The van der Waals surface area contributed by atoms with Gasteiger partial charge in [0.15, 0.2) is 0 Å². The lowest BCUT2D eigenvalue weighted by Crippen LogP contribution is -2.13. The summed E-state index contributed by atoms with van der Waals surface area (Å²) in [5, 5.41) is 19.7. The first-order valence-electron chi connectivity index (χ1n) is 11.5. The van der Waals surface area contributed by atoms with Crippen LogP contribution in [0.4, 0.5) is 15.8 Å². The molecule has 1 aromatic heterocycles. The molecule has 0 aliphatic heterocycles. The standard InChI is InChI=1S/C25H30FN5O3/c26-20-10-7-18(8-11-20)19-9-13-22(27)23(16-19)28-24(32)14-12-21-17-31(30-29-21)15-5-3-1-2-4-6-25(33)34/h7-11,13,16-17H,1-6,12,14-15,27H2,(H,28,32)(H,33,34). The number of nitrogen functional groups attached to an aromatic ring is 1. The van der Waals surface area contributed by atoms with Gasteiger partial charge >= 0.3 is 5.97 Å². The fourth-order valence-electron chi connectivity index (χ4n) is 3.58. The van der Waals surface area contributed by atoms with Crippen LogP contribution in [-0.4, -0.2) is 32.0 Å². The van der Waals surface area contributed by atoms with Gasteiger partial charge < -0.3 is 16.2 Å². The van der Waals surface area contributed by atoms with Gasteiger partial charge in [0.05, 0.1) is 17.1 Å². The topological polar surface area (TPSA) is 123 Å². The number of rotatable bonds is 13. The molecule has 0 bridgehead atoms. The maximum atomic E-state index is 13.2. The minimum atomic E-state index is -0.745. The third kappa shape index (κ3) is 7.99. The Morgan fingerprint density at radius 1 is 0.971 bits per heavy atom. The third-order valence-corrected chi connectivity index (χ3v) is 5.48.